The van der Waals surface area contributed by atoms with Crippen molar-refractivity contribution in [3.05, 3.63) is 130 Å². The van der Waals surface area contributed by atoms with Gasteiger partial charge < -0.3 is 14.2 Å². The molecule has 0 unspecified atom stereocenters. The van der Waals surface area contributed by atoms with E-state index in [0.29, 0.717) is 56.8 Å². The molecule has 0 radical (unpaired) electrons. The molecule has 6 rings (SSSR count). The number of aromatic nitrogens is 2. The highest BCUT2D eigenvalue weighted by Gasteiger charge is 2.32. The molecule has 0 spiro atoms. The van der Waals surface area contributed by atoms with Crippen molar-refractivity contribution in [2.45, 2.75) is 13.0 Å². The highest BCUT2D eigenvalue weighted by molar-refractivity contribution is 8.26. The quantitative estimate of drug-likeness (QED) is 0.104. The number of rotatable bonds is 11. The number of halogens is 1. The number of hydrogen-bond acceptors (Lipinski definition) is 7. The summed E-state index contributed by atoms with van der Waals surface area (Å²) in [5, 5.41) is 5.60. The van der Waals surface area contributed by atoms with E-state index in [1.807, 2.05) is 114 Å². The highest BCUT2D eigenvalue weighted by atomic mass is 35.5. The lowest BCUT2D eigenvalue weighted by atomic mass is 10.1. The van der Waals surface area contributed by atoms with Crippen LogP contribution in [0.15, 0.2) is 108 Å². The second-order valence-corrected chi connectivity index (χ2v) is 12.5. The Morgan fingerprint density at radius 2 is 1.70 bits per heavy atom. The summed E-state index contributed by atoms with van der Waals surface area (Å²) < 4.78 is 19.2. The second kappa shape index (κ2) is 14.2. The summed E-state index contributed by atoms with van der Waals surface area (Å²) in [6, 6.07) is 31.0. The molecule has 1 aliphatic rings. The molecule has 0 atom stereocenters. The van der Waals surface area contributed by atoms with E-state index in [-0.39, 0.29) is 5.91 Å². The summed E-state index contributed by atoms with van der Waals surface area (Å²) in [4.78, 5) is 15.8. The van der Waals surface area contributed by atoms with Crippen LogP contribution in [0.1, 0.15) is 16.7 Å². The van der Waals surface area contributed by atoms with Gasteiger partial charge in [-0.1, -0.05) is 90.2 Å². The Labute approximate surface area is 282 Å². The molecule has 46 heavy (non-hydrogen) atoms. The number of nitrogens with zero attached hydrogens (tertiary/aromatic N) is 3. The molecule has 0 aliphatic carbocycles. The van der Waals surface area contributed by atoms with Gasteiger partial charge in [-0.15, -0.1) is 0 Å². The summed E-state index contributed by atoms with van der Waals surface area (Å²) in [5.41, 5.74) is 5.16. The van der Waals surface area contributed by atoms with Crippen LogP contribution in [0.25, 0.3) is 23.0 Å². The summed E-state index contributed by atoms with van der Waals surface area (Å²) in [7, 11) is 3.21. The van der Waals surface area contributed by atoms with Crippen molar-refractivity contribution in [1.29, 1.82) is 0 Å². The lowest BCUT2D eigenvalue weighted by Gasteiger charge is -2.15. The summed E-state index contributed by atoms with van der Waals surface area (Å²) in [6.45, 7) is 0.776. The van der Waals surface area contributed by atoms with Crippen molar-refractivity contribution in [3.8, 4) is 34.2 Å². The largest absolute Gasteiger partial charge is 0.493 e. The number of amides is 1. The number of thiocarbonyl (C=S) groups is 1. The molecule has 1 aromatic heterocycles. The SMILES string of the molecule is COc1ccc(CCN2C(=O)C(=Cc3cn(-c4ccccc4)nc3-c3cccc(OCc4ccccc4Cl)c3)SC2=S)cc1OC. The molecule has 10 heteroatoms. The number of carbonyl (C=O) groups is 1. The zero-order chi connectivity index (χ0) is 32.0. The zero-order valence-electron chi connectivity index (χ0n) is 25.2. The van der Waals surface area contributed by atoms with Crippen LogP contribution in [0.4, 0.5) is 0 Å². The lowest BCUT2D eigenvalue weighted by Crippen LogP contribution is -2.30. The van der Waals surface area contributed by atoms with Crippen LogP contribution in [0.5, 0.6) is 17.2 Å². The molecule has 0 saturated carbocycles. The van der Waals surface area contributed by atoms with Gasteiger partial charge in [0.2, 0.25) is 0 Å². The number of para-hydroxylation sites is 1. The molecule has 1 saturated heterocycles. The van der Waals surface area contributed by atoms with E-state index in [9.17, 15) is 4.79 Å². The molecular formula is C36H30ClN3O4S2. The number of hydrogen-bond donors (Lipinski definition) is 0. The monoisotopic (exact) mass is 667 g/mol. The third-order valence-electron chi connectivity index (χ3n) is 7.46. The summed E-state index contributed by atoms with van der Waals surface area (Å²) in [5.74, 6) is 1.85. The van der Waals surface area contributed by atoms with Crippen LogP contribution >= 0.6 is 35.6 Å². The first-order valence-corrected chi connectivity index (χ1v) is 16.1. The van der Waals surface area contributed by atoms with E-state index in [2.05, 4.69) is 0 Å². The molecule has 7 nitrogen and oxygen atoms in total. The predicted molar refractivity (Wildman–Crippen MR) is 188 cm³/mol. The minimum absolute atomic E-state index is 0.134. The van der Waals surface area contributed by atoms with E-state index >= 15 is 0 Å². The van der Waals surface area contributed by atoms with Gasteiger partial charge in [0.1, 0.15) is 22.4 Å². The van der Waals surface area contributed by atoms with Crippen LogP contribution in [0.2, 0.25) is 5.02 Å². The van der Waals surface area contributed by atoms with Crippen LogP contribution in [-0.4, -0.2) is 45.7 Å². The molecule has 2 heterocycles. The van der Waals surface area contributed by atoms with Crippen LogP contribution in [0, 0.1) is 0 Å². The first-order chi connectivity index (χ1) is 22.4. The standard InChI is InChI=1S/C36H30ClN3O4S2/c1-42-31-16-15-24(19-32(31)43-2)17-18-39-35(41)33(46-36(39)45)21-27-22-40(28-11-4-3-5-12-28)38-34(27)25-10-8-13-29(20-25)44-23-26-9-6-7-14-30(26)37/h3-16,19-22H,17-18,23H2,1-2H3. The van der Waals surface area contributed by atoms with Crippen molar-refractivity contribution in [1.82, 2.24) is 14.7 Å². The Hall–Kier alpha value is -4.57. The van der Waals surface area contributed by atoms with E-state index in [4.69, 9.17) is 43.1 Å². The summed E-state index contributed by atoms with van der Waals surface area (Å²) in [6.07, 6.45) is 4.41. The van der Waals surface area contributed by atoms with Crippen molar-refractivity contribution in [3.63, 3.8) is 0 Å². The Bertz CT molecular complexity index is 1930. The van der Waals surface area contributed by atoms with Crippen LogP contribution < -0.4 is 14.2 Å². The maximum atomic E-state index is 13.6. The van der Waals surface area contributed by atoms with Crippen LogP contribution in [0.3, 0.4) is 0 Å². The number of benzene rings is 4. The highest BCUT2D eigenvalue weighted by Crippen LogP contribution is 2.36. The minimum Gasteiger partial charge on any atom is -0.493 e. The topological polar surface area (TPSA) is 65.8 Å². The van der Waals surface area contributed by atoms with Gasteiger partial charge in [-0.2, -0.15) is 5.10 Å². The Balaban J connectivity index is 1.27. The van der Waals surface area contributed by atoms with Crippen molar-refractivity contribution < 1.29 is 19.0 Å². The van der Waals surface area contributed by atoms with Gasteiger partial charge in [-0.25, -0.2) is 4.68 Å². The fourth-order valence-corrected chi connectivity index (χ4v) is 6.54. The van der Waals surface area contributed by atoms with Gasteiger partial charge >= 0.3 is 0 Å². The second-order valence-electron chi connectivity index (χ2n) is 10.4. The Morgan fingerprint density at radius 3 is 2.48 bits per heavy atom. The fourth-order valence-electron chi connectivity index (χ4n) is 5.05. The molecule has 1 fully saturated rings. The Kier molecular flexibility index (Phi) is 9.73. The maximum absolute atomic E-state index is 13.6. The van der Waals surface area contributed by atoms with Crippen molar-refractivity contribution in [2.75, 3.05) is 20.8 Å². The zero-order valence-corrected chi connectivity index (χ0v) is 27.6. The molecule has 0 N–H and O–H groups in total. The smallest absolute Gasteiger partial charge is 0.266 e. The lowest BCUT2D eigenvalue weighted by molar-refractivity contribution is -0.122. The molecule has 0 bridgehead atoms. The van der Waals surface area contributed by atoms with Crippen LogP contribution in [-0.2, 0) is 17.8 Å². The third kappa shape index (κ3) is 6.97. The maximum Gasteiger partial charge on any atom is 0.266 e. The number of thioether (sulfide) groups is 1. The molecule has 1 aliphatic heterocycles. The van der Waals surface area contributed by atoms with Gasteiger partial charge in [-0.05, 0) is 60.5 Å². The average molecular weight is 668 g/mol. The van der Waals surface area contributed by atoms with Gasteiger partial charge in [0, 0.05) is 34.5 Å². The molecular weight excluding hydrogens is 638 g/mol. The normalized spacial score (nSPS) is 13.8. The van der Waals surface area contributed by atoms with Gasteiger partial charge in [0.15, 0.2) is 11.5 Å². The van der Waals surface area contributed by atoms with E-state index in [1.165, 1.54) is 11.8 Å². The average Bonchev–Trinajstić information content (AvgIpc) is 3.63. The van der Waals surface area contributed by atoms with Crippen molar-refractivity contribution >= 4 is 51.9 Å². The number of methoxy groups -OCH3 is 2. The van der Waals surface area contributed by atoms with E-state index in [0.717, 1.165) is 27.9 Å². The first-order valence-electron chi connectivity index (χ1n) is 14.5. The van der Waals surface area contributed by atoms with E-state index < -0.39 is 0 Å². The Morgan fingerprint density at radius 1 is 0.913 bits per heavy atom. The molecule has 5 aromatic rings. The summed E-state index contributed by atoms with van der Waals surface area (Å²) >= 11 is 13.3. The number of ether oxygens (including phenoxy) is 3. The van der Waals surface area contributed by atoms with Gasteiger partial charge in [-0.3, -0.25) is 9.69 Å². The van der Waals surface area contributed by atoms with E-state index in [1.54, 1.807) is 19.1 Å². The molecule has 4 aromatic carbocycles. The molecule has 1 amide bonds. The minimum atomic E-state index is -0.134. The third-order valence-corrected chi connectivity index (χ3v) is 9.20. The first kappa shape index (κ1) is 31.4. The van der Waals surface area contributed by atoms with Gasteiger partial charge in [0.25, 0.3) is 5.91 Å². The van der Waals surface area contributed by atoms with Crippen molar-refractivity contribution in [2.24, 2.45) is 0 Å². The fraction of sp³-hybridized carbons (Fsp3) is 0.139. The molecule has 232 valence electrons. The van der Waals surface area contributed by atoms with Gasteiger partial charge in [0.05, 0.1) is 24.8 Å². The predicted octanol–water partition coefficient (Wildman–Crippen LogP) is 8.23. The number of carbonyl (C=O) groups excluding carboxylic acids is 1.